The highest BCUT2D eigenvalue weighted by Crippen LogP contribution is 2.59. The second-order valence-corrected chi connectivity index (χ2v) is 5.67. The maximum Gasteiger partial charge on any atom is 0.123 e. The molecule has 1 aromatic rings. The zero-order valence-electron chi connectivity index (χ0n) is 10.2. The normalized spacial score (nSPS) is 31.7. The van der Waals surface area contributed by atoms with Gasteiger partial charge in [0.25, 0.3) is 0 Å². The fraction of sp³-hybridized carbons (Fsp3) is 0.400. The van der Waals surface area contributed by atoms with E-state index in [1.165, 1.54) is 0 Å². The number of hydrogen-bond acceptors (Lipinski definition) is 1. The van der Waals surface area contributed by atoms with Gasteiger partial charge in [0.1, 0.15) is 6.29 Å². The van der Waals surface area contributed by atoms with Crippen molar-refractivity contribution < 1.29 is 4.79 Å². The van der Waals surface area contributed by atoms with E-state index >= 15 is 0 Å². The Labute approximate surface area is 107 Å². The molecule has 0 unspecified atom stereocenters. The molecule has 0 heterocycles. The van der Waals surface area contributed by atoms with Gasteiger partial charge in [0.15, 0.2) is 0 Å². The molecule has 0 saturated heterocycles. The quantitative estimate of drug-likeness (QED) is 0.578. The molecular formula is C15H17ClO. The average Bonchev–Trinajstić information content (AvgIpc) is 2.25. The van der Waals surface area contributed by atoms with Gasteiger partial charge in [-0.1, -0.05) is 42.8 Å². The lowest BCUT2D eigenvalue weighted by molar-refractivity contribution is -0.118. The van der Waals surface area contributed by atoms with Crippen molar-refractivity contribution in [1.82, 2.24) is 0 Å². The first-order chi connectivity index (χ1) is 7.99. The van der Waals surface area contributed by atoms with Gasteiger partial charge >= 0.3 is 0 Å². The van der Waals surface area contributed by atoms with Crippen molar-refractivity contribution in [3.63, 3.8) is 0 Å². The lowest BCUT2D eigenvalue weighted by atomic mass is 9.50. The molecule has 1 saturated carbocycles. The lowest BCUT2D eigenvalue weighted by Gasteiger charge is -2.52. The standard InChI is InChI=1S/C15H17ClO/c1-10(2)15(3)8-12(9-17)14(15)11-5-4-6-13(16)7-11/h4-7,9,12,14H,1,8H2,2-3H3/t12-,14-,15+/m1/s1. The topological polar surface area (TPSA) is 17.1 Å². The molecule has 1 aromatic carbocycles. The van der Waals surface area contributed by atoms with Crippen molar-refractivity contribution in [3.8, 4) is 0 Å². The van der Waals surface area contributed by atoms with Crippen LogP contribution in [0.15, 0.2) is 36.4 Å². The van der Waals surface area contributed by atoms with Gasteiger partial charge in [0.05, 0.1) is 0 Å². The van der Waals surface area contributed by atoms with E-state index in [0.717, 1.165) is 28.9 Å². The van der Waals surface area contributed by atoms with E-state index in [4.69, 9.17) is 11.6 Å². The number of hydrogen-bond donors (Lipinski definition) is 0. The van der Waals surface area contributed by atoms with Gasteiger partial charge in [-0.05, 0) is 36.5 Å². The second-order valence-electron chi connectivity index (χ2n) is 5.23. The molecule has 17 heavy (non-hydrogen) atoms. The van der Waals surface area contributed by atoms with Crippen LogP contribution in [0.1, 0.15) is 31.7 Å². The predicted molar refractivity (Wildman–Crippen MR) is 71.3 cm³/mol. The minimum Gasteiger partial charge on any atom is -0.303 e. The van der Waals surface area contributed by atoms with Crippen LogP contribution in [-0.4, -0.2) is 6.29 Å². The first-order valence-electron chi connectivity index (χ1n) is 5.86. The third-order valence-corrected chi connectivity index (χ3v) is 4.37. The summed E-state index contributed by atoms with van der Waals surface area (Å²) in [5.41, 5.74) is 2.31. The summed E-state index contributed by atoms with van der Waals surface area (Å²) in [5, 5.41) is 0.725. The van der Waals surface area contributed by atoms with E-state index in [2.05, 4.69) is 13.5 Å². The van der Waals surface area contributed by atoms with Crippen LogP contribution in [0.2, 0.25) is 5.02 Å². The molecule has 1 aliphatic carbocycles. The van der Waals surface area contributed by atoms with Crippen molar-refractivity contribution in [2.24, 2.45) is 11.3 Å². The molecule has 0 radical (unpaired) electrons. The minimum atomic E-state index is 0.0241. The van der Waals surface area contributed by atoms with E-state index in [1.54, 1.807) is 0 Å². The Balaban J connectivity index is 2.39. The molecule has 2 rings (SSSR count). The number of benzene rings is 1. The van der Waals surface area contributed by atoms with E-state index in [1.807, 2.05) is 31.2 Å². The fourth-order valence-corrected chi connectivity index (χ4v) is 3.13. The highest BCUT2D eigenvalue weighted by Gasteiger charge is 2.51. The first-order valence-corrected chi connectivity index (χ1v) is 6.23. The molecule has 2 heteroatoms. The minimum absolute atomic E-state index is 0.0241. The predicted octanol–water partition coefficient (Wildman–Crippen LogP) is 4.22. The number of carbonyl (C=O) groups is 1. The van der Waals surface area contributed by atoms with Crippen LogP contribution in [0, 0.1) is 11.3 Å². The van der Waals surface area contributed by atoms with Gasteiger partial charge < -0.3 is 4.79 Å². The average molecular weight is 249 g/mol. The van der Waals surface area contributed by atoms with Gasteiger partial charge in [0.2, 0.25) is 0 Å². The summed E-state index contributed by atoms with van der Waals surface area (Å²) in [6.07, 6.45) is 1.96. The summed E-state index contributed by atoms with van der Waals surface area (Å²) in [5.74, 6) is 0.311. The molecule has 1 nitrogen and oxygen atoms in total. The van der Waals surface area contributed by atoms with Crippen LogP contribution in [0.5, 0.6) is 0 Å². The fourth-order valence-electron chi connectivity index (χ4n) is 2.93. The molecular weight excluding hydrogens is 232 g/mol. The van der Waals surface area contributed by atoms with Crippen LogP contribution in [0.25, 0.3) is 0 Å². The van der Waals surface area contributed by atoms with Crippen LogP contribution < -0.4 is 0 Å². The Morgan fingerprint density at radius 1 is 1.59 bits per heavy atom. The summed E-state index contributed by atoms with van der Waals surface area (Å²) in [6, 6.07) is 7.81. The smallest absolute Gasteiger partial charge is 0.123 e. The Hall–Kier alpha value is -1.08. The number of carbonyl (C=O) groups excluding carboxylic acids is 1. The summed E-state index contributed by atoms with van der Waals surface area (Å²) in [7, 11) is 0. The molecule has 0 N–H and O–H groups in total. The maximum atomic E-state index is 11.1. The van der Waals surface area contributed by atoms with Gasteiger partial charge in [-0.25, -0.2) is 0 Å². The maximum absolute atomic E-state index is 11.1. The van der Waals surface area contributed by atoms with Crippen molar-refractivity contribution in [2.75, 3.05) is 0 Å². The molecule has 1 aliphatic rings. The molecule has 0 bridgehead atoms. The largest absolute Gasteiger partial charge is 0.303 e. The molecule has 0 aromatic heterocycles. The van der Waals surface area contributed by atoms with Crippen LogP contribution in [0.4, 0.5) is 0 Å². The molecule has 1 fully saturated rings. The molecule has 90 valence electrons. The summed E-state index contributed by atoms with van der Waals surface area (Å²) in [4.78, 5) is 11.1. The number of allylic oxidation sites excluding steroid dienone is 1. The number of rotatable bonds is 3. The Kier molecular flexibility index (Phi) is 3.13. The zero-order valence-corrected chi connectivity index (χ0v) is 11.0. The van der Waals surface area contributed by atoms with Crippen molar-refractivity contribution in [2.45, 2.75) is 26.2 Å². The molecule has 0 aliphatic heterocycles. The summed E-state index contributed by atoms with van der Waals surface area (Å²) >= 11 is 6.02. The van der Waals surface area contributed by atoms with Crippen molar-refractivity contribution in [1.29, 1.82) is 0 Å². The second kappa shape index (κ2) is 4.30. The molecule has 0 spiro atoms. The summed E-state index contributed by atoms with van der Waals surface area (Å²) in [6.45, 7) is 8.29. The van der Waals surface area contributed by atoms with Crippen LogP contribution in [-0.2, 0) is 4.79 Å². The zero-order chi connectivity index (χ0) is 12.6. The van der Waals surface area contributed by atoms with E-state index in [-0.39, 0.29) is 17.3 Å². The third-order valence-electron chi connectivity index (χ3n) is 4.13. The van der Waals surface area contributed by atoms with Crippen molar-refractivity contribution in [3.05, 3.63) is 47.0 Å². The number of aldehydes is 1. The highest BCUT2D eigenvalue weighted by molar-refractivity contribution is 6.30. The first kappa shape index (κ1) is 12.4. The molecule has 0 amide bonds. The van der Waals surface area contributed by atoms with Crippen LogP contribution in [0.3, 0.4) is 0 Å². The highest BCUT2D eigenvalue weighted by atomic mass is 35.5. The van der Waals surface area contributed by atoms with Gasteiger partial charge in [0, 0.05) is 16.9 Å². The van der Waals surface area contributed by atoms with E-state index < -0.39 is 0 Å². The summed E-state index contributed by atoms with van der Waals surface area (Å²) < 4.78 is 0. The lowest BCUT2D eigenvalue weighted by Crippen LogP contribution is -2.45. The Morgan fingerprint density at radius 3 is 2.82 bits per heavy atom. The monoisotopic (exact) mass is 248 g/mol. The van der Waals surface area contributed by atoms with E-state index in [0.29, 0.717) is 0 Å². The van der Waals surface area contributed by atoms with Crippen molar-refractivity contribution >= 4 is 17.9 Å². The third kappa shape index (κ3) is 1.93. The van der Waals surface area contributed by atoms with Gasteiger partial charge in [-0.2, -0.15) is 0 Å². The Morgan fingerprint density at radius 2 is 2.29 bits per heavy atom. The Bertz CT molecular complexity index is 466. The number of halogens is 1. The van der Waals surface area contributed by atoms with Crippen LogP contribution >= 0.6 is 11.6 Å². The SMILES string of the molecule is C=C(C)[C@]1(C)C[C@H](C=O)[C@H]1c1cccc(Cl)c1. The molecule has 3 atom stereocenters. The van der Waals surface area contributed by atoms with Gasteiger partial charge in [-0.15, -0.1) is 0 Å². The van der Waals surface area contributed by atoms with Gasteiger partial charge in [-0.3, -0.25) is 0 Å². The van der Waals surface area contributed by atoms with E-state index in [9.17, 15) is 4.79 Å².